The zero-order valence-corrected chi connectivity index (χ0v) is 15.4. The van der Waals surface area contributed by atoms with E-state index in [0.717, 1.165) is 42.7 Å². The van der Waals surface area contributed by atoms with Crippen LogP contribution < -0.4 is 5.32 Å². The van der Waals surface area contributed by atoms with Gasteiger partial charge in [0.05, 0.1) is 17.9 Å². The van der Waals surface area contributed by atoms with Gasteiger partial charge in [-0.2, -0.15) is 0 Å². The van der Waals surface area contributed by atoms with E-state index in [4.69, 9.17) is 4.42 Å². The van der Waals surface area contributed by atoms with Crippen LogP contribution in [0.3, 0.4) is 0 Å². The lowest BCUT2D eigenvalue weighted by molar-refractivity contribution is -0.127. The maximum absolute atomic E-state index is 13.9. The number of fused-ring (bicyclic) bond motifs is 1. The number of nitrogens with zero attached hydrogens (tertiary/aromatic N) is 1. The first-order chi connectivity index (χ1) is 13.5. The molecular weight excluding hydrogens is 366 g/mol. The number of rotatable bonds is 3. The molecule has 0 spiro atoms. The van der Waals surface area contributed by atoms with Gasteiger partial charge in [-0.25, -0.2) is 8.78 Å². The molecule has 2 aliphatic rings. The first kappa shape index (κ1) is 18.7. The lowest BCUT2D eigenvalue weighted by Crippen LogP contribution is -2.44. The van der Waals surface area contributed by atoms with E-state index >= 15 is 0 Å². The Morgan fingerprint density at radius 3 is 2.64 bits per heavy atom. The number of halogens is 2. The molecule has 1 saturated heterocycles. The zero-order chi connectivity index (χ0) is 19.7. The summed E-state index contributed by atoms with van der Waals surface area (Å²) in [5.41, 5.74) is 0.915. The third-order valence-corrected chi connectivity index (χ3v) is 5.68. The minimum Gasteiger partial charge on any atom is -0.469 e. The van der Waals surface area contributed by atoms with Gasteiger partial charge in [-0.05, 0) is 43.9 Å². The van der Waals surface area contributed by atoms with Crippen LogP contribution in [-0.4, -0.2) is 29.8 Å². The van der Waals surface area contributed by atoms with E-state index in [2.05, 4.69) is 5.32 Å². The summed E-state index contributed by atoms with van der Waals surface area (Å²) >= 11 is 0. The number of aryl methyl sites for hydroxylation is 1. The van der Waals surface area contributed by atoms with Gasteiger partial charge >= 0.3 is 0 Å². The highest BCUT2D eigenvalue weighted by atomic mass is 19.1. The van der Waals surface area contributed by atoms with Crippen molar-refractivity contribution in [3.8, 4) is 0 Å². The quantitative estimate of drug-likeness (QED) is 0.874. The van der Waals surface area contributed by atoms with Gasteiger partial charge in [0.1, 0.15) is 17.4 Å². The minimum atomic E-state index is -0.863. The molecule has 1 fully saturated rings. The fraction of sp³-hybridized carbons (Fsp3) is 0.429. The summed E-state index contributed by atoms with van der Waals surface area (Å²) in [6.07, 6.45) is 5.46. The van der Waals surface area contributed by atoms with Crippen LogP contribution in [0.15, 0.2) is 34.9 Å². The number of piperidine rings is 1. The molecule has 1 aliphatic heterocycles. The highest BCUT2D eigenvalue weighted by molar-refractivity contribution is 5.94. The van der Waals surface area contributed by atoms with E-state index in [1.165, 1.54) is 4.90 Å². The minimum absolute atomic E-state index is 0.0147. The molecule has 2 amide bonds. The topological polar surface area (TPSA) is 62.6 Å². The van der Waals surface area contributed by atoms with Gasteiger partial charge in [0.25, 0.3) is 5.91 Å². The molecule has 4 rings (SSSR count). The molecule has 0 saturated carbocycles. The fourth-order valence-corrected chi connectivity index (χ4v) is 4.10. The van der Waals surface area contributed by atoms with Gasteiger partial charge in [-0.15, -0.1) is 0 Å². The average Bonchev–Trinajstić information content (AvgIpc) is 3.17. The van der Waals surface area contributed by atoms with Crippen LogP contribution in [0.1, 0.15) is 53.4 Å². The van der Waals surface area contributed by atoms with E-state index < -0.39 is 17.5 Å². The SMILES string of the molecule is O=C(NC1CCCc2occc21)C1CCN(C(=O)c2ccc(F)cc2F)CC1. The van der Waals surface area contributed by atoms with Crippen molar-refractivity contribution in [3.05, 3.63) is 59.1 Å². The number of carbonyl (C=O) groups excluding carboxylic acids is 2. The number of carbonyl (C=O) groups is 2. The molecule has 1 aliphatic carbocycles. The van der Waals surface area contributed by atoms with Crippen molar-refractivity contribution in [1.29, 1.82) is 0 Å². The van der Waals surface area contributed by atoms with Crippen LogP contribution in [0.4, 0.5) is 8.78 Å². The Bertz CT molecular complexity index is 888. The van der Waals surface area contributed by atoms with Gasteiger partial charge < -0.3 is 14.6 Å². The van der Waals surface area contributed by atoms with Crippen LogP contribution >= 0.6 is 0 Å². The molecule has 1 N–H and O–H groups in total. The van der Waals surface area contributed by atoms with Gasteiger partial charge in [0, 0.05) is 37.1 Å². The molecule has 0 radical (unpaired) electrons. The van der Waals surface area contributed by atoms with Gasteiger partial charge in [0.15, 0.2) is 0 Å². The molecule has 148 valence electrons. The summed E-state index contributed by atoms with van der Waals surface area (Å²) in [7, 11) is 0. The molecule has 0 bridgehead atoms. The van der Waals surface area contributed by atoms with Crippen molar-refractivity contribution >= 4 is 11.8 Å². The second-order valence-electron chi connectivity index (χ2n) is 7.44. The van der Waals surface area contributed by atoms with E-state index in [1.54, 1.807) is 6.26 Å². The van der Waals surface area contributed by atoms with Crippen molar-refractivity contribution < 1.29 is 22.8 Å². The Morgan fingerprint density at radius 1 is 1.11 bits per heavy atom. The summed E-state index contributed by atoms with van der Waals surface area (Å²) in [6, 6.07) is 4.84. The first-order valence-electron chi connectivity index (χ1n) is 9.64. The predicted molar refractivity (Wildman–Crippen MR) is 97.5 cm³/mol. The predicted octanol–water partition coefficient (Wildman–Crippen LogP) is 3.60. The normalized spacial score (nSPS) is 19.9. The van der Waals surface area contributed by atoms with E-state index in [1.807, 2.05) is 6.07 Å². The molecule has 1 aromatic carbocycles. The Kier molecular flexibility index (Phi) is 5.15. The number of furan rings is 1. The van der Waals surface area contributed by atoms with E-state index in [9.17, 15) is 18.4 Å². The van der Waals surface area contributed by atoms with Crippen LogP contribution in [0.2, 0.25) is 0 Å². The molecule has 2 heterocycles. The lowest BCUT2D eigenvalue weighted by Gasteiger charge is -2.32. The molecule has 1 unspecified atom stereocenters. The first-order valence-corrected chi connectivity index (χ1v) is 9.64. The number of nitrogens with one attached hydrogen (secondary N) is 1. The van der Waals surface area contributed by atoms with E-state index in [-0.39, 0.29) is 23.4 Å². The number of amides is 2. The smallest absolute Gasteiger partial charge is 0.256 e. The molecular formula is C21H22F2N2O3. The summed E-state index contributed by atoms with van der Waals surface area (Å²) in [5, 5.41) is 3.12. The number of benzene rings is 1. The van der Waals surface area contributed by atoms with Crippen molar-refractivity contribution in [2.24, 2.45) is 5.92 Å². The van der Waals surface area contributed by atoms with Gasteiger partial charge in [-0.1, -0.05) is 0 Å². The number of likely N-dealkylation sites (tertiary alicyclic amines) is 1. The fourth-order valence-electron chi connectivity index (χ4n) is 4.10. The maximum atomic E-state index is 13.9. The van der Waals surface area contributed by atoms with Crippen LogP contribution in [0, 0.1) is 17.6 Å². The monoisotopic (exact) mass is 388 g/mol. The Labute approximate surface area is 161 Å². The molecule has 2 aromatic rings. The van der Waals surface area contributed by atoms with E-state index in [0.29, 0.717) is 32.0 Å². The van der Waals surface area contributed by atoms with Crippen molar-refractivity contribution in [2.75, 3.05) is 13.1 Å². The molecule has 1 aromatic heterocycles. The average molecular weight is 388 g/mol. The van der Waals surface area contributed by atoms with Gasteiger partial charge in [0.2, 0.25) is 5.91 Å². The molecule has 5 nitrogen and oxygen atoms in total. The van der Waals surface area contributed by atoms with Crippen molar-refractivity contribution in [1.82, 2.24) is 10.2 Å². The standard InChI is InChI=1S/C21H22F2N2O3/c22-14-4-5-15(17(23)12-14)21(27)25-9-6-13(7-10-25)20(26)24-18-2-1-3-19-16(18)8-11-28-19/h4-5,8,11-13,18H,1-3,6-7,9-10H2,(H,24,26). The largest absolute Gasteiger partial charge is 0.469 e. The van der Waals surface area contributed by atoms with Crippen molar-refractivity contribution in [2.45, 2.75) is 38.1 Å². The molecule has 1 atom stereocenters. The van der Waals surface area contributed by atoms with Crippen molar-refractivity contribution in [3.63, 3.8) is 0 Å². The Hall–Kier alpha value is -2.70. The number of hydrogen-bond acceptors (Lipinski definition) is 3. The second kappa shape index (κ2) is 7.73. The second-order valence-corrected chi connectivity index (χ2v) is 7.44. The lowest BCUT2D eigenvalue weighted by atomic mass is 9.91. The van der Waals surface area contributed by atoms with Crippen LogP contribution in [0.5, 0.6) is 0 Å². The number of hydrogen-bond donors (Lipinski definition) is 1. The highest BCUT2D eigenvalue weighted by Gasteiger charge is 2.31. The van der Waals surface area contributed by atoms with Crippen LogP contribution in [-0.2, 0) is 11.2 Å². The summed E-state index contributed by atoms with van der Waals surface area (Å²) in [4.78, 5) is 26.7. The summed E-state index contributed by atoms with van der Waals surface area (Å²) in [6.45, 7) is 0.741. The summed E-state index contributed by atoms with van der Waals surface area (Å²) in [5.74, 6) is -1.30. The third-order valence-electron chi connectivity index (χ3n) is 5.68. The summed E-state index contributed by atoms with van der Waals surface area (Å²) < 4.78 is 32.4. The molecule has 7 heteroatoms. The Morgan fingerprint density at radius 2 is 1.89 bits per heavy atom. The Balaban J connectivity index is 1.34. The zero-order valence-electron chi connectivity index (χ0n) is 15.4. The maximum Gasteiger partial charge on any atom is 0.256 e. The molecule has 28 heavy (non-hydrogen) atoms. The van der Waals surface area contributed by atoms with Gasteiger partial charge in [-0.3, -0.25) is 9.59 Å². The highest BCUT2D eigenvalue weighted by Crippen LogP contribution is 2.31. The van der Waals surface area contributed by atoms with Crippen LogP contribution in [0.25, 0.3) is 0 Å². The third kappa shape index (κ3) is 3.66.